The van der Waals surface area contributed by atoms with Gasteiger partial charge < -0.3 is 0 Å². The predicted octanol–water partition coefficient (Wildman–Crippen LogP) is 18.2. The third-order valence-corrected chi connectivity index (χ3v) is 15.5. The second-order valence-corrected chi connectivity index (χ2v) is 20.5. The number of rotatable bonds is 6. The zero-order chi connectivity index (χ0) is 41.8. The van der Waals surface area contributed by atoms with Gasteiger partial charge in [-0.15, -0.1) is 0 Å². The van der Waals surface area contributed by atoms with Crippen molar-refractivity contribution in [3.05, 3.63) is 155 Å². The third kappa shape index (κ3) is 12.6. The van der Waals surface area contributed by atoms with Gasteiger partial charge in [-0.05, 0) is 157 Å². The van der Waals surface area contributed by atoms with Crippen LogP contribution in [0, 0.1) is 37.5 Å². The minimum Gasteiger partial charge on any atom is -0.0625 e. The molecule has 9 rings (SSSR count). The largest absolute Gasteiger partial charge is 0.0625 e. The van der Waals surface area contributed by atoms with E-state index in [0.29, 0.717) is 0 Å². The Morgan fingerprint density at radius 3 is 0.617 bits per heavy atom. The normalized spacial score (nSPS) is 26.8. The fourth-order valence-electron chi connectivity index (χ4n) is 10.8. The summed E-state index contributed by atoms with van der Waals surface area (Å²) < 4.78 is 0. The molecule has 0 heteroatoms. The van der Waals surface area contributed by atoms with E-state index in [0.717, 1.165) is 47.3 Å². The molecule has 5 aromatic carbocycles. The van der Waals surface area contributed by atoms with E-state index in [9.17, 15) is 0 Å². The molecule has 0 nitrogen and oxygen atoms in total. The first-order valence-electron chi connectivity index (χ1n) is 24.6. The third-order valence-electron chi connectivity index (χ3n) is 15.5. The molecule has 4 saturated carbocycles. The van der Waals surface area contributed by atoms with E-state index in [1.807, 2.05) is 0 Å². The number of hydrogen-bond acceptors (Lipinski definition) is 0. The molecule has 0 heterocycles. The molecule has 4 aliphatic rings. The van der Waals surface area contributed by atoms with Crippen LogP contribution in [0.5, 0.6) is 0 Å². The molecule has 0 N–H and O–H groups in total. The van der Waals surface area contributed by atoms with Gasteiger partial charge in [0.2, 0.25) is 0 Å². The Balaban J connectivity index is 0.000000143. The van der Waals surface area contributed by atoms with E-state index in [2.05, 4.69) is 163 Å². The highest BCUT2D eigenvalue weighted by atomic mass is 14.3. The van der Waals surface area contributed by atoms with Gasteiger partial charge in [0.05, 0.1) is 0 Å². The van der Waals surface area contributed by atoms with Crippen LogP contribution in [0.3, 0.4) is 0 Å². The Hall–Kier alpha value is -3.90. The molecule has 0 bridgehead atoms. The molecule has 0 saturated heterocycles. The van der Waals surface area contributed by atoms with Gasteiger partial charge in [0.15, 0.2) is 0 Å². The summed E-state index contributed by atoms with van der Waals surface area (Å²) in [5.74, 6) is 6.94. The van der Waals surface area contributed by atoms with E-state index in [4.69, 9.17) is 0 Å². The predicted molar refractivity (Wildman–Crippen MR) is 261 cm³/mol. The van der Waals surface area contributed by atoms with Crippen molar-refractivity contribution < 1.29 is 0 Å². The molecule has 0 aromatic heterocycles. The van der Waals surface area contributed by atoms with Crippen LogP contribution in [-0.4, -0.2) is 0 Å². The number of benzene rings is 5. The molecule has 5 aromatic rings. The van der Waals surface area contributed by atoms with E-state index in [-0.39, 0.29) is 0 Å². The lowest BCUT2D eigenvalue weighted by molar-refractivity contribution is 0.348. The molecule has 0 amide bonds. The van der Waals surface area contributed by atoms with Crippen LogP contribution in [-0.2, 0) is 0 Å². The van der Waals surface area contributed by atoms with E-state index in [1.54, 1.807) is 16.7 Å². The fourth-order valence-corrected chi connectivity index (χ4v) is 10.8. The second-order valence-electron chi connectivity index (χ2n) is 20.5. The summed E-state index contributed by atoms with van der Waals surface area (Å²) in [5, 5.41) is 0. The summed E-state index contributed by atoms with van der Waals surface area (Å²) in [5.41, 5.74) is 14.3. The van der Waals surface area contributed by atoms with Crippen LogP contribution in [0.25, 0.3) is 22.3 Å². The standard InChI is InChI=1S/C26H34.C20H24.C14H20/c1-19-3-7-21(8-4-19)23-11-15-25(16-12-23)26-17-13-24(14-18-26)22-9-5-20(2)6-10-22;1-15-3-7-17(8-4-15)19-11-13-20(14-12-19)18-9-5-16(2)6-10-18;1-11-3-7-13(8-4-11)14-9-5-12(2)6-10-14/h11-22H,3-10H2,1-2H3;3-4,7-8,11-14,16,18H,5-6,9-10H2,1-2H3;3-4,7-8,12,14H,5-6,9-10H2,1-2H3. The molecule has 0 atom stereocenters. The van der Waals surface area contributed by atoms with E-state index >= 15 is 0 Å². The SMILES string of the molecule is CC1CCC(c2ccc(-c3ccc(C4CCC(C)CC4)cc3)cc2)CC1.Cc1ccc(-c2ccc(C3CCC(C)CC3)cc2)cc1.Cc1ccc(C2CCC(C)CC2)cc1. The minimum atomic E-state index is 0.788. The van der Waals surface area contributed by atoms with Crippen LogP contribution in [0.15, 0.2) is 121 Å². The van der Waals surface area contributed by atoms with Crippen LogP contribution >= 0.6 is 0 Å². The average molecular weight is 799 g/mol. The number of aryl methyl sites for hydroxylation is 2. The van der Waals surface area contributed by atoms with Gasteiger partial charge in [0, 0.05) is 0 Å². The van der Waals surface area contributed by atoms with Crippen LogP contribution in [0.2, 0.25) is 0 Å². The smallest absolute Gasteiger partial charge is 0.0162 e. The van der Waals surface area contributed by atoms with Gasteiger partial charge in [-0.25, -0.2) is 0 Å². The minimum absolute atomic E-state index is 0.788. The first-order valence-corrected chi connectivity index (χ1v) is 24.6. The van der Waals surface area contributed by atoms with Gasteiger partial charge in [0.1, 0.15) is 0 Å². The Kier molecular flexibility index (Phi) is 16.0. The van der Waals surface area contributed by atoms with E-state index < -0.39 is 0 Å². The summed E-state index contributed by atoms with van der Waals surface area (Å²) >= 11 is 0. The summed E-state index contributed by atoms with van der Waals surface area (Å²) in [7, 11) is 0. The van der Waals surface area contributed by atoms with Crippen LogP contribution in [0.1, 0.15) is 187 Å². The molecular weight excluding hydrogens is 721 g/mol. The van der Waals surface area contributed by atoms with Crippen molar-refractivity contribution in [3.8, 4) is 22.3 Å². The van der Waals surface area contributed by atoms with Crippen molar-refractivity contribution in [2.24, 2.45) is 23.7 Å². The second kappa shape index (κ2) is 21.8. The Morgan fingerprint density at radius 1 is 0.233 bits per heavy atom. The monoisotopic (exact) mass is 799 g/mol. The van der Waals surface area contributed by atoms with Crippen molar-refractivity contribution in [1.29, 1.82) is 0 Å². The van der Waals surface area contributed by atoms with Gasteiger partial charge in [0.25, 0.3) is 0 Å². The maximum absolute atomic E-state index is 2.40. The maximum Gasteiger partial charge on any atom is -0.0162 e. The molecule has 60 heavy (non-hydrogen) atoms. The van der Waals surface area contributed by atoms with Gasteiger partial charge in [-0.1, -0.05) is 212 Å². The molecule has 0 aliphatic heterocycles. The lowest BCUT2D eigenvalue weighted by atomic mass is 9.79. The summed E-state index contributed by atoms with van der Waals surface area (Å²) in [6.45, 7) is 13.9. The van der Waals surface area contributed by atoms with Crippen molar-refractivity contribution >= 4 is 0 Å². The molecule has 0 unspecified atom stereocenters. The molecule has 318 valence electrons. The molecule has 0 spiro atoms. The summed E-state index contributed by atoms with van der Waals surface area (Å²) in [6, 6.07) is 46.1. The Labute approximate surface area is 367 Å². The summed E-state index contributed by atoms with van der Waals surface area (Å²) in [6.07, 6.45) is 22.2. The van der Waals surface area contributed by atoms with Crippen LogP contribution in [0.4, 0.5) is 0 Å². The van der Waals surface area contributed by atoms with Gasteiger partial charge in [-0.3, -0.25) is 0 Å². The van der Waals surface area contributed by atoms with E-state index in [1.165, 1.54) is 142 Å². The first kappa shape index (κ1) is 44.2. The highest BCUT2D eigenvalue weighted by molar-refractivity contribution is 5.65. The molecule has 0 radical (unpaired) electrons. The topological polar surface area (TPSA) is 0 Å². The quantitative estimate of drug-likeness (QED) is 0.161. The lowest BCUT2D eigenvalue weighted by Crippen LogP contribution is -2.10. The van der Waals surface area contributed by atoms with Gasteiger partial charge >= 0.3 is 0 Å². The lowest BCUT2D eigenvalue weighted by Gasteiger charge is -2.27. The highest BCUT2D eigenvalue weighted by Gasteiger charge is 2.22. The average Bonchev–Trinajstić information content (AvgIpc) is 3.29. The zero-order valence-electron chi connectivity index (χ0n) is 38.5. The fraction of sp³-hybridized carbons (Fsp3) is 0.500. The Bertz CT molecular complexity index is 1880. The van der Waals surface area contributed by atoms with Crippen molar-refractivity contribution in [1.82, 2.24) is 0 Å². The summed E-state index contributed by atoms with van der Waals surface area (Å²) in [4.78, 5) is 0. The van der Waals surface area contributed by atoms with Crippen molar-refractivity contribution in [3.63, 3.8) is 0 Å². The van der Waals surface area contributed by atoms with Crippen LogP contribution < -0.4 is 0 Å². The molecule has 4 fully saturated rings. The number of hydrogen-bond donors (Lipinski definition) is 0. The molecular formula is C60H78. The first-order chi connectivity index (χ1) is 29.2. The Morgan fingerprint density at radius 2 is 0.400 bits per heavy atom. The maximum atomic E-state index is 2.40. The van der Waals surface area contributed by atoms with Crippen molar-refractivity contribution in [2.45, 2.75) is 168 Å². The van der Waals surface area contributed by atoms with Gasteiger partial charge in [-0.2, -0.15) is 0 Å². The molecule has 4 aliphatic carbocycles. The zero-order valence-corrected chi connectivity index (χ0v) is 38.5. The van der Waals surface area contributed by atoms with Crippen molar-refractivity contribution in [2.75, 3.05) is 0 Å². The highest BCUT2D eigenvalue weighted by Crippen LogP contribution is 2.39.